The largest absolute Gasteiger partial charge is 0.444 e. The second-order valence-electron chi connectivity index (χ2n) is 8.95. The van der Waals surface area contributed by atoms with Crippen LogP contribution in [-0.2, 0) is 22.6 Å². The number of fused-ring (bicyclic) bond motifs is 1. The molecule has 0 aliphatic carbocycles. The molecule has 1 fully saturated rings. The zero-order valence-corrected chi connectivity index (χ0v) is 20.3. The number of anilines is 1. The topological polar surface area (TPSA) is 154 Å². The van der Waals surface area contributed by atoms with E-state index in [1.165, 1.54) is 24.1 Å². The molecule has 5 rings (SSSR count). The maximum absolute atomic E-state index is 15.0. The highest BCUT2D eigenvalue weighted by atomic mass is 19.1. The van der Waals surface area contributed by atoms with Crippen LogP contribution >= 0.6 is 0 Å². The third kappa shape index (κ3) is 5.39. The van der Waals surface area contributed by atoms with Crippen molar-refractivity contribution in [1.29, 1.82) is 0 Å². The molecular weight excluding hydrogens is 501 g/mol. The molecule has 0 unspecified atom stereocenters. The van der Waals surface area contributed by atoms with Crippen LogP contribution in [0.4, 0.5) is 20.7 Å². The van der Waals surface area contributed by atoms with Gasteiger partial charge in [0.2, 0.25) is 5.91 Å². The number of carbonyl (C=O) groups excluding carboxylic acids is 2. The summed E-state index contributed by atoms with van der Waals surface area (Å²) in [6.45, 7) is 3.01. The molecule has 2 aliphatic rings. The van der Waals surface area contributed by atoms with Gasteiger partial charge in [-0.25, -0.2) is 9.18 Å². The van der Waals surface area contributed by atoms with Gasteiger partial charge in [0.25, 0.3) is 0 Å². The van der Waals surface area contributed by atoms with Gasteiger partial charge >= 0.3 is 17.9 Å². The predicted octanol–water partition coefficient (Wildman–Crippen LogP) is 2.00. The number of aromatic nitrogens is 3. The number of pyridine rings is 1. The van der Waals surface area contributed by atoms with Crippen molar-refractivity contribution >= 4 is 23.5 Å². The lowest BCUT2D eigenvalue weighted by Crippen LogP contribution is -2.41. The SMILES string of the molecule is CC(=O)NC[C@H]1CN(c2ccc(-c3ccc(CN[C@@H]4COc5nc([N+](=O)[O-])cn5C4)cn3)c(F)c2)C(=O)O1. The quantitative estimate of drug-likeness (QED) is 0.332. The Kier molecular flexibility index (Phi) is 6.87. The normalized spacial score (nSPS) is 18.5. The number of halogens is 1. The molecule has 2 atom stereocenters. The summed E-state index contributed by atoms with van der Waals surface area (Å²) in [6, 6.07) is 8.10. The Morgan fingerprint density at radius 1 is 1.29 bits per heavy atom. The summed E-state index contributed by atoms with van der Waals surface area (Å²) in [5.74, 6) is -1.02. The van der Waals surface area contributed by atoms with Crippen molar-refractivity contribution in [2.75, 3.05) is 24.6 Å². The minimum Gasteiger partial charge on any atom is -0.444 e. The summed E-state index contributed by atoms with van der Waals surface area (Å²) in [7, 11) is 0. The van der Waals surface area contributed by atoms with Crippen LogP contribution in [0.25, 0.3) is 11.3 Å². The van der Waals surface area contributed by atoms with Gasteiger partial charge < -0.3 is 30.2 Å². The minimum absolute atomic E-state index is 0.0870. The maximum Gasteiger partial charge on any atom is 0.414 e. The molecule has 38 heavy (non-hydrogen) atoms. The molecule has 2 amide bonds. The van der Waals surface area contributed by atoms with Crippen LogP contribution in [0.15, 0.2) is 42.7 Å². The molecule has 2 aliphatic heterocycles. The fourth-order valence-electron chi connectivity index (χ4n) is 4.23. The van der Waals surface area contributed by atoms with E-state index in [-0.39, 0.29) is 42.4 Å². The van der Waals surface area contributed by atoms with E-state index in [0.717, 1.165) is 5.56 Å². The monoisotopic (exact) mass is 525 g/mol. The van der Waals surface area contributed by atoms with Crippen LogP contribution < -0.4 is 20.3 Å². The first-order valence-electron chi connectivity index (χ1n) is 11.8. The molecule has 14 heteroatoms. The first-order chi connectivity index (χ1) is 18.3. The van der Waals surface area contributed by atoms with Crippen molar-refractivity contribution in [3.63, 3.8) is 0 Å². The third-order valence-electron chi connectivity index (χ3n) is 6.16. The zero-order valence-electron chi connectivity index (χ0n) is 20.3. The number of imidazole rings is 1. The highest BCUT2D eigenvalue weighted by Crippen LogP contribution is 2.28. The van der Waals surface area contributed by atoms with Gasteiger partial charge in [-0.15, -0.1) is 0 Å². The van der Waals surface area contributed by atoms with Crippen molar-refractivity contribution in [2.24, 2.45) is 0 Å². The fourth-order valence-corrected chi connectivity index (χ4v) is 4.23. The van der Waals surface area contributed by atoms with Gasteiger partial charge in [0.15, 0.2) is 0 Å². The van der Waals surface area contributed by atoms with E-state index in [9.17, 15) is 24.1 Å². The third-order valence-corrected chi connectivity index (χ3v) is 6.16. The molecular formula is C24H24FN7O6. The van der Waals surface area contributed by atoms with Gasteiger partial charge in [0.1, 0.15) is 24.7 Å². The standard InChI is InChI=1S/C24H24FN7O6/c1-14(33)26-9-18-11-31(24(34)38-18)17-3-4-19(20(25)6-17)21-5-2-15(8-28-21)7-27-16-10-30-12-22(32(35)36)29-23(30)37-13-16/h2-6,8,12,16,18,27H,7,9-11,13H2,1H3,(H,26,33)/t16-,18-/m0/s1. The second kappa shape index (κ2) is 10.4. The van der Waals surface area contributed by atoms with E-state index in [1.54, 1.807) is 29.0 Å². The number of hydrogen-bond acceptors (Lipinski definition) is 9. The Hall–Kier alpha value is -4.59. The van der Waals surface area contributed by atoms with Gasteiger partial charge in [0.05, 0.1) is 30.5 Å². The summed E-state index contributed by atoms with van der Waals surface area (Å²) in [6.07, 6.45) is 1.86. The number of nitrogens with zero attached hydrogens (tertiary/aromatic N) is 5. The smallest absolute Gasteiger partial charge is 0.414 e. The average molecular weight is 525 g/mol. The summed E-state index contributed by atoms with van der Waals surface area (Å²) < 4.78 is 27.3. The van der Waals surface area contributed by atoms with Crippen molar-refractivity contribution in [1.82, 2.24) is 25.2 Å². The Balaban J connectivity index is 1.18. The van der Waals surface area contributed by atoms with Crippen molar-refractivity contribution < 1.29 is 28.4 Å². The van der Waals surface area contributed by atoms with E-state index in [1.807, 2.05) is 6.07 Å². The number of cyclic esters (lactones) is 1. The minimum atomic E-state index is -0.603. The number of carbonyl (C=O) groups is 2. The number of hydrogen-bond donors (Lipinski definition) is 2. The number of ether oxygens (including phenoxy) is 2. The van der Waals surface area contributed by atoms with Gasteiger partial charge in [0, 0.05) is 36.8 Å². The molecule has 1 aromatic carbocycles. The number of benzene rings is 1. The number of rotatable bonds is 8. The van der Waals surface area contributed by atoms with Gasteiger partial charge in [-0.3, -0.25) is 19.2 Å². The molecule has 13 nitrogen and oxygen atoms in total. The van der Waals surface area contributed by atoms with Crippen LogP contribution in [0, 0.1) is 15.9 Å². The van der Waals surface area contributed by atoms with E-state index < -0.39 is 22.9 Å². The number of nitrogens with one attached hydrogen (secondary N) is 2. The molecule has 198 valence electrons. The summed E-state index contributed by atoms with van der Waals surface area (Å²) in [5, 5.41) is 16.8. The molecule has 3 aromatic rings. The Morgan fingerprint density at radius 2 is 2.13 bits per heavy atom. The molecule has 1 saturated heterocycles. The van der Waals surface area contributed by atoms with Crippen LogP contribution in [0.3, 0.4) is 0 Å². The molecule has 0 radical (unpaired) electrons. The Morgan fingerprint density at radius 3 is 2.84 bits per heavy atom. The van der Waals surface area contributed by atoms with Crippen molar-refractivity contribution in [3.8, 4) is 17.3 Å². The summed E-state index contributed by atoms with van der Waals surface area (Å²) in [4.78, 5) is 43.2. The van der Waals surface area contributed by atoms with Gasteiger partial charge in [-0.2, -0.15) is 0 Å². The van der Waals surface area contributed by atoms with Gasteiger partial charge in [-0.1, -0.05) is 6.07 Å². The molecule has 0 bridgehead atoms. The van der Waals surface area contributed by atoms with E-state index >= 15 is 0 Å². The first-order valence-corrected chi connectivity index (χ1v) is 11.8. The van der Waals surface area contributed by atoms with Crippen LogP contribution in [-0.4, -0.2) is 63.3 Å². The fraction of sp³-hybridized carbons (Fsp3) is 0.333. The molecule has 2 N–H and O–H groups in total. The highest BCUT2D eigenvalue weighted by Gasteiger charge is 2.33. The summed E-state index contributed by atoms with van der Waals surface area (Å²) in [5.41, 5.74) is 1.92. The van der Waals surface area contributed by atoms with E-state index in [2.05, 4.69) is 20.6 Å². The first kappa shape index (κ1) is 25.1. The Bertz CT molecular complexity index is 1380. The van der Waals surface area contributed by atoms with Crippen LogP contribution in [0.1, 0.15) is 12.5 Å². The lowest BCUT2D eigenvalue weighted by molar-refractivity contribution is -0.389. The average Bonchev–Trinajstić information content (AvgIpc) is 3.49. The molecule has 0 spiro atoms. The second-order valence-corrected chi connectivity index (χ2v) is 8.95. The predicted molar refractivity (Wildman–Crippen MR) is 131 cm³/mol. The molecule has 0 saturated carbocycles. The zero-order chi connectivity index (χ0) is 26.8. The summed E-state index contributed by atoms with van der Waals surface area (Å²) >= 11 is 0. The maximum atomic E-state index is 15.0. The number of nitro groups is 1. The Labute approximate surface area is 215 Å². The van der Waals surface area contributed by atoms with Crippen LogP contribution in [0.5, 0.6) is 6.01 Å². The van der Waals surface area contributed by atoms with E-state index in [4.69, 9.17) is 9.47 Å². The lowest BCUT2D eigenvalue weighted by atomic mass is 10.1. The lowest BCUT2D eigenvalue weighted by Gasteiger charge is -2.23. The van der Waals surface area contributed by atoms with Crippen molar-refractivity contribution in [2.45, 2.75) is 32.2 Å². The number of amides is 2. The van der Waals surface area contributed by atoms with Gasteiger partial charge in [-0.05, 0) is 34.8 Å². The van der Waals surface area contributed by atoms with Crippen molar-refractivity contribution in [3.05, 3.63) is 64.2 Å². The molecule has 4 heterocycles. The van der Waals surface area contributed by atoms with Crippen LogP contribution in [0.2, 0.25) is 0 Å². The highest BCUT2D eigenvalue weighted by molar-refractivity contribution is 5.90. The van der Waals surface area contributed by atoms with E-state index in [0.29, 0.717) is 31.1 Å². The molecule has 2 aromatic heterocycles.